The molecule has 2 N–H and O–H groups in total. The largest absolute Gasteiger partial charge is 0.398 e. The molecule has 0 saturated heterocycles. The number of aromatic nitrogens is 4. The van der Waals surface area contributed by atoms with Gasteiger partial charge in [0.1, 0.15) is 0 Å². The van der Waals surface area contributed by atoms with Crippen molar-refractivity contribution in [2.24, 2.45) is 0 Å². The summed E-state index contributed by atoms with van der Waals surface area (Å²) >= 11 is 6.15. The Morgan fingerprint density at radius 3 is 2.88 bits per heavy atom. The molecule has 0 aliphatic rings. The van der Waals surface area contributed by atoms with Crippen LogP contribution in [-0.4, -0.2) is 20.2 Å². The van der Waals surface area contributed by atoms with E-state index < -0.39 is 0 Å². The highest BCUT2D eigenvalue weighted by atomic mass is 35.5. The van der Waals surface area contributed by atoms with Crippen LogP contribution in [0.1, 0.15) is 26.3 Å². The molecular formula is C11H14ClN5. The highest BCUT2D eigenvalue weighted by Crippen LogP contribution is 2.32. The van der Waals surface area contributed by atoms with E-state index >= 15 is 0 Å². The fourth-order valence-electron chi connectivity index (χ4n) is 1.60. The van der Waals surface area contributed by atoms with E-state index in [0.717, 1.165) is 6.42 Å². The summed E-state index contributed by atoms with van der Waals surface area (Å²) in [5.74, 6) is 0.613. The Morgan fingerprint density at radius 1 is 1.47 bits per heavy atom. The number of nitrogens with two attached hydrogens (primary N) is 1. The third-order valence-electron chi connectivity index (χ3n) is 2.77. The minimum Gasteiger partial charge on any atom is -0.398 e. The number of hydrogen-bond acceptors (Lipinski definition) is 4. The number of anilines is 1. The second-order valence-electron chi connectivity index (χ2n) is 3.91. The number of hydrogen-bond donors (Lipinski definition) is 1. The van der Waals surface area contributed by atoms with E-state index in [1.165, 1.54) is 0 Å². The summed E-state index contributed by atoms with van der Waals surface area (Å²) in [7, 11) is 0. The number of rotatable bonds is 3. The molecule has 1 aromatic heterocycles. The van der Waals surface area contributed by atoms with Gasteiger partial charge in [0.2, 0.25) is 0 Å². The lowest BCUT2D eigenvalue weighted by Gasteiger charge is -2.12. The van der Waals surface area contributed by atoms with Gasteiger partial charge >= 0.3 is 0 Å². The summed E-state index contributed by atoms with van der Waals surface area (Å²) in [6.07, 6.45) is 0.933. The lowest BCUT2D eigenvalue weighted by Crippen LogP contribution is -2.09. The summed E-state index contributed by atoms with van der Waals surface area (Å²) in [5, 5.41) is 12.3. The van der Waals surface area contributed by atoms with Gasteiger partial charge in [-0.1, -0.05) is 24.6 Å². The third kappa shape index (κ3) is 2.10. The molecule has 0 bridgehead atoms. The van der Waals surface area contributed by atoms with Crippen molar-refractivity contribution in [3.05, 3.63) is 23.2 Å². The lowest BCUT2D eigenvalue weighted by molar-refractivity contribution is 0.469. The van der Waals surface area contributed by atoms with E-state index in [1.54, 1.807) is 22.9 Å². The Labute approximate surface area is 105 Å². The molecule has 0 aliphatic carbocycles. The van der Waals surface area contributed by atoms with Crippen molar-refractivity contribution in [1.29, 1.82) is 0 Å². The van der Waals surface area contributed by atoms with Crippen molar-refractivity contribution in [1.82, 2.24) is 20.2 Å². The van der Waals surface area contributed by atoms with E-state index in [2.05, 4.69) is 22.4 Å². The van der Waals surface area contributed by atoms with E-state index in [9.17, 15) is 0 Å². The van der Waals surface area contributed by atoms with Gasteiger partial charge in [-0.05, 0) is 35.9 Å². The maximum atomic E-state index is 6.15. The van der Waals surface area contributed by atoms with Crippen LogP contribution in [-0.2, 0) is 0 Å². The van der Waals surface area contributed by atoms with Gasteiger partial charge in [-0.2, -0.15) is 0 Å². The zero-order valence-electron chi connectivity index (χ0n) is 9.76. The molecular weight excluding hydrogens is 238 g/mol. The molecule has 0 fully saturated rings. The second kappa shape index (κ2) is 4.71. The Balaban J connectivity index is 2.58. The van der Waals surface area contributed by atoms with Gasteiger partial charge in [0.25, 0.3) is 0 Å². The zero-order valence-corrected chi connectivity index (χ0v) is 10.5. The fraction of sp³-hybridized carbons (Fsp3) is 0.364. The van der Waals surface area contributed by atoms with Crippen LogP contribution in [0.4, 0.5) is 5.69 Å². The number of benzene rings is 1. The van der Waals surface area contributed by atoms with E-state index in [-0.39, 0.29) is 6.04 Å². The summed E-state index contributed by atoms with van der Waals surface area (Å²) in [6, 6.07) is 5.58. The first-order chi connectivity index (χ1) is 8.15. The third-order valence-corrected chi connectivity index (χ3v) is 3.09. The second-order valence-corrected chi connectivity index (χ2v) is 4.32. The first-order valence-corrected chi connectivity index (χ1v) is 5.85. The highest BCUT2D eigenvalue weighted by Gasteiger charge is 2.17. The van der Waals surface area contributed by atoms with Gasteiger partial charge in [-0.3, -0.25) is 0 Å². The van der Waals surface area contributed by atoms with Crippen LogP contribution >= 0.6 is 11.6 Å². The molecule has 1 atom stereocenters. The van der Waals surface area contributed by atoms with Gasteiger partial charge in [0, 0.05) is 5.69 Å². The van der Waals surface area contributed by atoms with E-state index in [4.69, 9.17) is 17.3 Å². The molecule has 0 amide bonds. The smallest absolute Gasteiger partial charge is 0.185 e. The Hall–Kier alpha value is -1.62. The average molecular weight is 252 g/mol. The SMILES string of the molecule is CCC(C)n1nnnc1-c1c(N)cccc1Cl. The van der Waals surface area contributed by atoms with Crippen molar-refractivity contribution in [2.45, 2.75) is 26.3 Å². The number of tetrazole rings is 1. The molecule has 0 radical (unpaired) electrons. The summed E-state index contributed by atoms with van der Waals surface area (Å²) in [4.78, 5) is 0. The van der Waals surface area contributed by atoms with Crippen molar-refractivity contribution in [3.8, 4) is 11.4 Å². The lowest BCUT2D eigenvalue weighted by atomic mass is 10.1. The number of nitrogen functional groups attached to an aromatic ring is 1. The monoisotopic (exact) mass is 251 g/mol. The summed E-state index contributed by atoms with van der Waals surface area (Å²) in [5.41, 5.74) is 7.20. The Morgan fingerprint density at radius 2 is 2.24 bits per heavy atom. The molecule has 6 heteroatoms. The molecule has 0 saturated carbocycles. The summed E-state index contributed by atoms with van der Waals surface area (Å²) < 4.78 is 1.75. The van der Waals surface area contributed by atoms with Crippen LogP contribution < -0.4 is 5.73 Å². The van der Waals surface area contributed by atoms with Crippen LogP contribution in [0.15, 0.2) is 18.2 Å². The molecule has 2 rings (SSSR count). The number of nitrogens with zero attached hydrogens (tertiary/aromatic N) is 4. The minimum atomic E-state index is 0.204. The predicted molar refractivity (Wildman–Crippen MR) is 67.7 cm³/mol. The molecule has 0 spiro atoms. The molecule has 1 aromatic carbocycles. The van der Waals surface area contributed by atoms with Gasteiger partial charge in [0.05, 0.1) is 16.6 Å². The Kier molecular flexibility index (Phi) is 3.28. The summed E-state index contributed by atoms with van der Waals surface area (Å²) in [6.45, 7) is 4.12. The molecule has 0 aliphatic heterocycles. The molecule has 1 heterocycles. The zero-order chi connectivity index (χ0) is 12.4. The van der Waals surface area contributed by atoms with Gasteiger partial charge in [-0.25, -0.2) is 4.68 Å². The first kappa shape index (κ1) is 11.9. The quantitative estimate of drug-likeness (QED) is 0.851. The highest BCUT2D eigenvalue weighted by molar-refractivity contribution is 6.33. The molecule has 2 aromatic rings. The molecule has 90 valence electrons. The minimum absolute atomic E-state index is 0.204. The van der Waals surface area contributed by atoms with E-state index in [1.807, 2.05) is 6.92 Å². The first-order valence-electron chi connectivity index (χ1n) is 5.47. The van der Waals surface area contributed by atoms with Crippen molar-refractivity contribution in [3.63, 3.8) is 0 Å². The van der Waals surface area contributed by atoms with Crippen molar-refractivity contribution >= 4 is 17.3 Å². The Bertz CT molecular complexity index is 502. The average Bonchev–Trinajstić information content (AvgIpc) is 2.77. The van der Waals surface area contributed by atoms with Crippen LogP contribution in [0.5, 0.6) is 0 Å². The molecule has 1 unspecified atom stereocenters. The fourth-order valence-corrected chi connectivity index (χ4v) is 1.87. The van der Waals surface area contributed by atoms with Gasteiger partial charge in [0.15, 0.2) is 5.82 Å². The molecule has 5 nitrogen and oxygen atoms in total. The normalized spacial score (nSPS) is 12.6. The van der Waals surface area contributed by atoms with Crippen LogP contribution in [0.25, 0.3) is 11.4 Å². The van der Waals surface area contributed by atoms with Crippen LogP contribution in [0.3, 0.4) is 0 Å². The maximum absolute atomic E-state index is 6.15. The van der Waals surface area contributed by atoms with Crippen LogP contribution in [0, 0.1) is 0 Å². The standard InChI is InChI=1S/C11H14ClN5/c1-3-7(2)17-11(14-15-16-17)10-8(12)5-4-6-9(10)13/h4-7H,3,13H2,1-2H3. The van der Waals surface area contributed by atoms with Gasteiger partial charge in [-0.15, -0.1) is 5.10 Å². The topological polar surface area (TPSA) is 69.6 Å². The van der Waals surface area contributed by atoms with Crippen LogP contribution in [0.2, 0.25) is 5.02 Å². The predicted octanol–water partition coefficient (Wildman–Crippen LogP) is 2.55. The van der Waals surface area contributed by atoms with Crippen molar-refractivity contribution < 1.29 is 0 Å². The molecule has 17 heavy (non-hydrogen) atoms. The van der Waals surface area contributed by atoms with E-state index in [0.29, 0.717) is 22.1 Å². The van der Waals surface area contributed by atoms with Crippen molar-refractivity contribution in [2.75, 3.05) is 5.73 Å². The van der Waals surface area contributed by atoms with Gasteiger partial charge < -0.3 is 5.73 Å². The number of halogens is 1. The maximum Gasteiger partial charge on any atom is 0.185 e.